The van der Waals surface area contributed by atoms with Crippen molar-refractivity contribution in [2.45, 2.75) is 13.0 Å². The molecule has 1 aromatic carbocycles. The smallest absolute Gasteiger partial charge is 0.306 e. The maximum atomic E-state index is 10.7. The van der Waals surface area contributed by atoms with Crippen LogP contribution in [0.5, 0.6) is 11.5 Å². The van der Waals surface area contributed by atoms with Gasteiger partial charge in [-0.15, -0.1) is 0 Å². The summed E-state index contributed by atoms with van der Waals surface area (Å²) >= 11 is 0. The van der Waals surface area contributed by atoms with Gasteiger partial charge in [-0.1, -0.05) is 0 Å². The Hall–Kier alpha value is -1.75. The van der Waals surface area contributed by atoms with Gasteiger partial charge in [0, 0.05) is 11.6 Å². The minimum absolute atomic E-state index is 0.154. The summed E-state index contributed by atoms with van der Waals surface area (Å²) in [4.78, 5) is 10.7. The molecule has 0 spiro atoms. The highest BCUT2D eigenvalue weighted by Crippen LogP contribution is 2.39. The van der Waals surface area contributed by atoms with Crippen molar-refractivity contribution in [3.63, 3.8) is 0 Å². The molecular formula is C14H18O5. The fourth-order valence-electron chi connectivity index (χ4n) is 2.03. The molecule has 0 radical (unpaired) electrons. The lowest BCUT2D eigenvalue weighted by Gasteiger charge is -2.10. The summed E-state index contributed by atoms with van der Waals surface area (Å²) in [5, 5.41) is 8.79. The lowest BCUT2D eigenvalue weighted by atomic mass is 10.2. The summed E-state index contributed by atoms with van der Waals surface area (Å²) in [5.41, 5.74) is 0.927. The number of hydrogen-bond donors (Lipinski definition) is 1. The summed E-state index contributed by atoms with van der Waals surface area (Å²) in [6.45, 7) is 0.891. The van der Waals surface area contributed by atoms with E-state index in [4.69, 9.17) is 19.3 Å². The van der Waals surface area contributed by atoms with Crippen LogP contribution in [0.4, 0.5) is 0 Å². The normalized spacial score (nSPS) is 20.9. The minimum Gasteiger partial charge on any atom is -0.497 e. The Bertz CT molecular complexity index is 457. The highest BCUT2D eigenvalue weighted by molar-refractivity contribution is 5.73. The zero-order chi connectivity index (χ0) is 13.8. The van der Waals surface area contributed by atoms with Gasteiger partial charge in [0.15, 0.2) is 0 Å². The zero-order valence-corrected chi connectivity index (χ0v) is 11.1. The molecular weight excluding hydrogens is 248 g/mol. The molecule has 0 heterocycles. The quantitative estimate of drug-likeness (QED) is 0.817. The largest absolute Gasteiger partial charge is 0.497 e. The van der Waals surface area contributed by atoms with Crippen molar-refractivity contribution in [1.29, 1.82) is 0 Å². The maximum Gasteiger partial charge on any atom is 0.306 e. The van der Waals surface area contributed by atoms with Crippen molar-refractivity contribution in [3.05, 3.63) is 23.8 Å². The molecule has 1 N–H and O–H groups in total. The Morgan fingerprint density at radius 1 is 1.37 bits per heavy atom. The molecule has 2 rings (SSSR count). The molecule has 5 nitrogen and oxygen atoms in total. The van der Waals surface area contributed by atoms with E-state index in [0.717, 1.165) is 17.7 Å². The highest BCUT2D eigenvalue weighted by Gasteiger charge is 2.43. The first-order valence-corrected chi connectivity index (χ1v) is 6.17. The van der Waals surface area contributed by atoms with E-state index in [1.54, 1.807) is 20.3 Å². The van der Waals surface area contributed by atoms with Crippen LogP contribution >= 0.6 is 0 Å². The van der Waals surface area contributed by atoms with Gasteiger partial charge in [-0.25, -0.2) is 0 Å². The number of hydrogen-bond acceptors (Lipinski definition) is 4. The Labute approximate surface area is 112 Å². The Balaban J connectivity index is 1.84. The lowest BCUT2D eigenvalue weighted by molar-refractivity contribution is -0.139. The van der Waals surface area contributed by atoms with Crippen LogP contribution in [-0.4, -0.2) is 31.9 Å². The van der Waals surface area contributed by atoms with Crippen molar-refractivity contribution < 1.29 is 24.1 Å². The number of methoxy groups -OCH3 is 2. The fraction of sp³-hybridized carbons (Fsp3) is 0.500. The van der Waals surface area contributed by atoms with E-state index in [-0.39, 0.29) is 11.8 Å². The van der Waals surface area contributed by atoms with Gasteiger partial charge in [0.25, 0.3) is 0 Å². The molecule has 1 aliphatic rings. The van der Waals surface area contributed by atoms with Crippen LogP contribution in [0.25, 0.3) is 0 Å². The predicted molar refractivity (Wildman–Crippen MR) is 68.4 cm³/mol. The SMILES string of the molecule is COc1ccc(COCC2CC2C(=O)O)c(OC)c1. The van der Waals surface area contributed by atoms with E-state index >= 15 is 0 Å². The summed E-state index contributed by atoms with van der Waals surface area (Å²) in [7, 11) is 3.20. The average Bonchev–Trinajstić information content (AvgIpc) is 3.18. The third-order valence-electron chi connectivity index (χ3n) is 3.32. The maximum absolute atomic E-state index is 10.7. The van der Waals surface area contributed by atoms with Gasteiger partial charge < -0.3 is 19.3 Å². The molecule has 5 heteroatoms. The molecule has 0 bridgehead atoms. The third kappa shape index (κ3) is 3.38. The molecule has 0 aliphatic heterocycles. The highest BCUT2D eigenvalue weighted by atomic mass is 16.5. The molecule has 1 fully saturated rings. The monoisotopic (exact) mass is 266 g/mol. The lowest BCUT2D eigenvalue weighted by Crippen LogP contribution is -2.05. The zero-order valence-electron chi connectivity index (χ0n) is 11.1. The minimum atomic E-state index is -0.726. The van der Waals surface area contributed by atoms with Crippen LogP contribution in [0.15, 0.2) is 18.2 Å². The van der Waals surface area contributed by atoms with E-state index in [0.29, 0.717) is 19.0 Å². The number of carboxylic acids is 1. The molecule has 104 valence electrons. The van der Waals surface area contributed by atoms with Crippen LogP contribution in [0.3, 0.4) is 0 Å². The van der Waals surface area contributed by atoms with Gasteiger partial charge in [-0.05, 0) is 24.5 Å². The van der Waals surface area contributed by atoms with E-state index in [2.05, 4.69) is 0 Å². The van der Waals surface area contributed by atoms with Crippen LogP contribution in [0.2, 0.25) is 0 Å². The molecule has 2 atom stereocenters. The van der Waals surface area contributed by atoms with Gasteiger partial charge in [0.1, 0.15) is 11.5 Å². The molecule has 1 aromatic rings. The summed E-state index contributed by atoms with van der Waals surface area (Å²) in [6, 6.07) is 5.54. The second-order valence-electron chi connectivity index (χ2n) is 4.63. The molecule has 19 heavy (non-hydrogen) atoms. The third-order valence-corrected chi connectivity index (χ3v) is 3.32. The first-order valence-electron chi connectivity index (χ1n) is 6.17. The predicted octanol–water partition coefficient (Wildman–Crippen LogP) is 1.94. The second-order valence-corrected chi connectivity index (χ2v) is 4.63. The van der Waals surface area contributed by atoms with Gasteiger partial charge in [-0.2, -0.15) is 0 Å². The Morgan fingerprint density at radius 3 is 2.74 bits per heavy atom. The molecule has 1 saturated carbocycles. The Kier molecular flexibility index (Phi) is 4.27. The van der Waals surface area contributed by atoms with Crippen molar-refractivity contribution in [2.24, 2.45) is 11.8 Å². The van der Waals surface area contributed by atoms with Gasteiger partial charge in [0.05, 0.1) is 33.4 Å². The van der Waals surface area contributed by atoms with Crippen molar-refractivity contribution in [1.82, 2.24) is 0 Å². The van der Waals surface area contributed by atoms with Crippen molar-refractivity contribution >= 4 is 5.97 Å². The van der Waals surface area contributed by atoms with Gasteiger partial charge in [0.2, 0.25) is 0 Å². The van der Waals surface area contributed by atoms with Crippen LogP contribution in [-0.2, 0) is 16.1 Å². The topological polar surface area (TPSA) is 65.0 Å². The molecule has 0 amide bonds. The van der Waals surface area contributed by atoms with Crippen molar-refractivity contribution in [3.8, 4) is 11.5 Å². The van der Waals surface area contributed by atoms with Crippen LogP contribution in [0.1, 0.15) is 12.0 Å². The fourth-order valence-corrected chi connectivity index (χ4v) is 2.03. The summed E-state index contributed by atoms with van der Waals surface area (Å²) in [6.07, 6.45) is 0.717. The standard InChI is InChI=1S/C14H18O5/c1-17-11-4-3-9(13(6-11)18-2)7-19-8-10-5-12(10)14(15)16/h3-4,6,10,12H,5,7-8H2,1-2H3,(H,15,16). The van der Waals surface area contributed by atoms with E-state index < -0.39 is 5.97 Å². The summed E-state index contributed by atoms with van der Waals surface area (Å²) in [5.74, 6) is 0.647. The van der Waals surface area contributed by atoms with Crippen LogP contribution < -0.4 is 9.47 Å². The van der Waals surface area contributed by atoms with E-state index in [1.807, 2.05) is 12.1 Å². The van der Waals surface area contributed by atoms with Gasteiger partial charge in [-0.3, -0.25) is 4.79 Å². The van der Waals surface area contributed by atoms with Gasteiger partial charge >= 0.3 is 5.97 Å². The number of carboxylic acid groups (broad SMARTS) is 1. The number of benzene rings is 1. The number of ether oxygens (including phenoxy) is 3. The molecule has 1 aliphatic carbocycles. The first-order chi connectivity index (χ1) is 9.15. The van der Waals surface area contributed by atoms with E-state index in [1.165, 1.54) is 0 Å². The second kappa shape index (κ2) is 5.93. The number of aliphatic carboxylic acids is 1. The Morgan fingerprint density at radius 2 is 2.16 bits per heavy atom. The first kappa shape index (κ1) is 13.7. The molecule has 0 aromatic heterocycles. The average molecular weight is 266 g/mol. The van der Waals surface area contributed by atoms with E-state index in [9.17, 15) is 4.79 Å². The molecule has 0 saturated heterocycles. The molecule has 2 unspecified atom stereocenters. The van der Waals surface area contributed by atoms with Crippen molar-refractivity contribution in [2.75, 3.05) is 20.8 Å². The van der Waals surface area contributed by atoms with Crippen LogP contribution in [0, 0.1) is 11.8 Å². The number of rotatable bonds is 7. The number of carbonyl (C=O) groups is 1. The summed E-state index contributed by atoms with van der Waals surface area (Å²) < 4.78 is 15.9.